The lowest BCUT2D eigenvalue weighted by atomic mass is 9.65. The molecular formula is C14H17ClN2OS. The van der Waals surface area contributed by atoms with Crippen LogP contribution in [0.25, 0.3) is 0 Å². The van der Waals surface area contributed by atoms with Gasteiger partial charge in [-0.25, -0.2) is 0 Å². The first-order chi connectivity index (χ1) is 9.19. The maximum absolute atomic E-state index is 12.3. The average molecular weight is 297 g/mol. The van der Waals surface area contributed by atoms with Gasteiger partial charge in [0.25, 0.3) is 5.91 Å². The molecule has 19 heavy (non-hydrogen) atoms. The smallest absolute Gasteiger partial charge is 0.261 e. The number of nitrogens with one attached hydrogen (secondary N) is 1. The molecule has 0 spiro atoms. The summed E-state index contributed by atoms with van der Waals surface area (Å²) in [5.74, 6) is 2.25. The number of hydrogen-bond donors (Lipinski definition) is 1. The van der Waals surface area contributed by atoms with Crippen molar-refractivity contribution in [3.8, 4) is 0 Å². The highest BCUT2D eigenvalue weighted by Crippen LogP contribution is 2.43. The van der Waals surface area contributed by atoms with E-state index in [1.54, 1.807) is 6.07 Å². The van der Waals surface area contributed by atoms with Crippen molar-refractivity contribution in [3.05, 3.63) is 21.3 Å². The lowest BCUT2D eigenvalue weighted by Crippen LogP contribution is -2.64. The Labute approximate surface area is 121 Å². The van der Waals surface area contributed by atoms with Gasteiger partial charge >= 0.3 is 0 Å². The number of carbonyl (C=O) groups is 1. The Hall–Kier alpha value is -0.580. The van der Waals surface area contributed by atoms with Gasteiger partial charge in [0.2, 0.25) is 0 Å². The molecule has 0 radical (unpaired) electrons. The standard InChI is InChI=1S/C14H17ClN2OS/c15-12-2-1-11(19-12)14(18)16-13-9-3-8-4-10(13)7-17(5-8)6-9/h1-2,8-10,13H,3-7H2,(H,16,18)/t8?,9-,10-,13?/m0/s1. The zero-order chi connectivity index (χ0) is 13.0. The number of rotatable bonds is 2. The maximum atomic E-state index is 12.3. The Morgan fingerprint density at radius 2 is 2.00 bits per heavy atom. The monoisotopic (exact) mass is 296 g/mol. The fraction of sp³-hybridized carbons (Fsp3) is 0.643. The van der Waals surface area contributed by atoms with Gasteiger partial charge in [0.05, 0.1) is 9.21 Å². The zero-order valence-corrected chi connectivity index (χ0v) is 12.2. The fourth-order valence-corrected chi connectivity index (χ4v) is 5.25. The average Bonchev–Trinajstić information content (AvgIpc) is 2.79. The molecule has 4 bridgehead atoms. The molecule has 3 saturated heterocycles. The molecule has 1 amide bonds. The van der Waals surface area contributed by atoms with Crippen LogP contribution in [0.3, 0.4) is 0 Å². The molecule has 1 saturated carbocycles. The van der Waals surface area contributed by atoms with Crippen LogP contribution < -0.4 is 5.32 Å². The van der Waals surface area contributed by atoms with Gasteiger partial charge in [0.1, 0.15) is 0 Å². The van der Waals surface area contributed by atoms with Gasteiger partial charge in [-0.1, -0.05) is 11.6 Å². The Morgan fingerprint density at radius 3 is 2.58 bits per heavy atom. The largest absolute Gasteiger partial charge is 0.348 e. The van der Waals surface area contributed by atoms with E-state index >= 15 is 0 Å². The van der Waals surface area contributed by atoms with Crippen LogP contribution in [0.5, 0.6) is 0 Å². The number of amides is 1. The number of thiophene rings is 1. The molecule has 102 valence electrons. The highest BCUT2D eigenvalue weighted by Gasteiger charge is 2.47. The molecule has 0 aromatic carbocycles. The lowest BCUT2D eigenvalue weighted by molar-refractivity contribution is -0.0418. The Balaban J connectivity index is 1.49. The van der Waals surface area contributed by atoms with E-state index in [2.05, 4.69) is 10.2 Å². The summed E-state index contributed by atoms with van der Waals surface area (Å²) >= 11 is 7.26. The summed E-state index contributed by atoms with van der Waals surface area (Å²) in [4.78, 5) is 15.6. The van der Waals surface area contributed by atoms with Crippen LogP contribution in [0.4, 0.5) is 0 Å². The maximum Gasteiger partial charge on any atom is 0.261 e. The van der Waals surface area contributed by atoms with Crippen LogP contribution in [-0.4, -0.2) is 36.5 Å². The number of halogens is 1. The van der Waals surface area contributed by atoms with Crippen molar-refractivity contribution in [1.29, 1.82) is 0 Å². The van der Waals surface area contributed by atoms with E-state index in [1.807, 2.05) is 6.07 Å². The third-order valence-electron chi connectivity index (χ3n) is 4.88. The molecule has 5 rings (SSSR count). The molecule has 4 heterocycles. The van der Waals surface area contributed by atoms with Crippen molar-refractivity contribution >= 4 is 28.8 Å². The predicted octanol–water partition coefficient (Wildman–Crippen LogP) is 2.47. The second kappa shape index (κ2) is 4.47. The van der Waals surface area contributed by atoms with Crippen LogP contribution in [0.2, 0.25) is 4.34 Å². The summed E-state index contributed by atoms with van der Waals surface area (Å²) in [6, 6.07) is 3.99. The number of nitrogens with zero attached hydrogens (tertiary/aromatic N) is 1. The van der Waals surface area contributed by atoms with E-state index in [-0.39, 0.29) is 5.91 Å². The number of piperidine rings is 3. The molecule has 3 aliphatic heterocycles. The van der Waals surface area contributed by atoms with Crippen LogP contribution >= 0.6 is 22.9 Å². The van der Waals surface area contributed by atoms with Crippen molar-refractivity contribution < 1.29 is 4.79 Å². The molecule has 3 nitrogen and oxygen atoms in total. The van der Waals surface area contributed by atoms with Crippen LogP contribution in [0.1, 0.15) is 22.5 Å². The Morgan fingerprint density at radius 1 is 1.26 bits per heavy atom. The van der Waals surface area contributed by atoms with Crippen molar-refractivity contribution in [3.63, 3.8) is 0 Å². The van der Waals surface area contributed by atoms with E-state index in [4.69, 9.17) is 11.6 Å². The van der Waals surface area contributed by atoms with Gasteiger partial charge < -0.3 is 10.2 Å². The second-order valence-electron chi connectivity index (χ2n) is 6.18. The van der Waals surface area contributed by atoms with E-state index in [9.17, 15) is 4.79 Å². The summed E-state index contributed by atoms with van der Waals surface area (Å²) in [5, 5.41) is 3.28. The van der Waals surface area contributed by atoms with Crippen molar-refractivity contribution in [2.45, 2.75) is 18.9 Å². The molecule has 1 N–H and O–H groups in total. The zero-order valence-electron chi connectivity index (χ0n) is 10.6. The van der Waals surface area contributed by atoms with Gasteiger partial charge in [-0.3, -0.25) is 4.79 Å². The van der Waals surface area contributed by atoms with Gasteiger partial charge in [0.15, 0.2) is 0 Å². The molecule has 4 aliphatic rings. The summed E-state index contributed by atoms with van der Waals surface area (Å²) < 4.78 is 0.682. The van der Waals surface area contributed by atoms with Crippen molar-refractivity contribution in [2.24, 2.45) is 17.8 Å². The predicted molar refractivity (Wildman–Crippen MR) is 76.7 cm³/mol. The normalized spacial score (nSPS) is 39.5. The van der Waals surface area contributed by atoms with E-state index in [1.165, 1.54) is 43.8 Å². The Bertz CT molecular complexity index is 487. The summed E-state index contributed by atoms with van der Waals surface area (Å²) in [6.45, 7) is 3.63. The molecule has 1 aliphatic carbocycles. The minimum Gasteiger partial charge on any atom is -0.348 e. The molecule has 0 unspecified atom stereocenters. The van der Waals surface area contributed by atoms with Crippen molar-refractivity contribution in [1.82, 2.24) is 10.2 Å². The van der Waals surface area contributed by atoms with E-state index in [0.29, 0.717) is 22.2 Å². The summed E-state index contributed by atoms with van der Waals surface area (Å²) in [7, 11) is 0. The first kappa shape index (κ1) is 12.2. The van der Waals surface area contributed by atoms with Crippen LogP contribution in [0, 0.1) is 17.8 Å². The minimum atomic E-state index is 0.0596. The molecule has 1 aromatic rings. The highest BCUT2D eigenvalue weighted by molar-refractivity contribution is 7.17. The van der Waals surface area contributed by atoms with Gasteiger partial charge in [-0.15, -0.1) is 11.3 Å². The third kappa shape index (κ3) is 2.10. The second-order valence-corrected chi connectivity index (χ2v) is 7.89. The molecule has 5 heteroatoms. The fourth-order valence-electron chi connectivity index (χ4n) is 4.30. The van der Waals surface area contributed by atoms with Gasteiger partial charge in [-0.05, 0) is 42.7 Å². The quantitative estimate of drug-likeness (QED) is 0.909. The topological polar surface area (TPSA) is 32.3 Å². The molecular weight excluding hydrogens is 280 g/mol. The van der Waals surface area contributed by atoms with Crippen molar-refractivity contribution in [2.75, 3.05) is 19.6 Å². The molecule has 4 fully saturated rings. The number of hydrogen-bond acceptors (Lipinski definition) is 3. The Kier molecular flexibility index (Phi) is 2.87. The molecule has 2 atom stereocenters. The molecule has 1 aromatic heterocycles. The van der Waals surface area contributed by atoms with Crippen LogP contribution in [0.15, 0.2) is 12.1 Å². The lowest BCUT2D eigenvalue weighted by Gasteiger charge is -2.55. The highest BCUT2D eigenvalue weighted by atomic mass is 35.5. The summed E-state index contributed by atoms with van der Waals surface area (Å²) in [6.07, 6.45) is 2.59. The van der Waals surface area contributed by atoms with Crippen LogP contribution in [-0.2, 0) is 0 Å². The number of carbonyl (C=O) groups excluding carboxylic acids is 1. The summed E-state index contributed by atoms with van der Waals surface area (Å²) in [5.41, 5.74) is 0. The minimum absolute atomic E-state index is 0.0596. The third-order valence-corrected chi connectivity index (χ3v) is 6.11. The van der Waals surface area contributed by atoms with Gasteiger partial charge in [-0.2, -0.15) is 0 Å². The van der Waals surface area contributed by atoms with E-state index in [0.717, 1.165) is 10.8 Å². The van der Waals surface area contributed by atoms with Gasteiger partial charge in [0, 0.05) is 25.7 Å². The van der Waals surface area contributed by atoms with E-state index < -0.39 is 0 Å². The first-order valence-electron chi connectivity index (χ1n) is 6.97. The SMILES string of the molecule is O=C(NC1[C@H]2CC3C[C@H]1CN(C3)C2)c1ccc(Cl)s1. The first-order valence-corrected chi connectivity index (χ1v) is 8.17.